The molecule has 1 N–H and O–H groups in total. The molecule has 0 aliphatic heterocycles. The number of carbonyl (C=O) groups excluding carboxylic acids is 1. The lowest BCUT2D eigenvalue weighted by Gasteiger charge is -2.05. The molecule has 0 spiro atoms. The Morgan fingerprint density at radius 2 is 2.13 bits per heavy atom. The highest BCUT2D eigenvalue weighted by atomic mass is 79.9. The maximum Gasteiger partial charge on any atom is 0.287 e. The summed E-state index contributed by atoms with van der Waals surface area (Å²) in [6.45, 7) is 0.697. The van der Waals surface area contributed by atoms with Crippen LogP contribution in [-0.2, 0) is 19.3 Å². The molecule has 1 aliphatic carbocycles. The van der Waals surface area contributed by atoms with Crippen molar-refractivity contribution >= 4 is 20.7 Å². The molecule has 80 valence electrons. The van der Waals surface area contributed by atoms with Crippen molar-refractivity contribution in [3.8, 4) is 0 Å². The molecular weight excluding hydrogens is 254 g/mol. The molecule has 1 aromatic rings. The first-order chi connectivity index (χ1) is 7.25. The normalized spacial score (nSPS) is 13.7. The number of hydrogen-bond acceptors (Lipinski definition) is 1. The van der Waals surface area contributed by atoms with Crippen molar-refractivity contribution in [1.82, 2.24) is 5.32 Å². The standard InChI is InChI=1S/C12H14BrNO/c13-12(15)14-7-6-9-4-5-10-2-1-3-11(10)8-9/h4-5,8H,1-3,6-7H2,(H,14,15). The van der Waals surface area contributed by atoms with Gasteiger partial charge in [-0.2, -0.15) is 0 Å². The average molecular weight is 268 g/mol. The minimum atomic E-state index is -0.135. The third-order valence-electron chi connectivity index (χ3n) is 2.84. The molecule has 0 atom stereocenters. The molecule has 0 heterocycles. The third kappa shape index (κ3) is 2.81. The number of nitrogens with one attached hydrogen (secondary N) is 1. The summed E-state index contributed by atoms with van der Waals surface area (Å²) in [6.07, 6.45) is 4.64. The van der Waals surface area contributed by atoms with Crippen LogP contribution in [0.3, 0.4) is 0 Å². The van der Waals surface area contributed by atoms with E-state index < -0.39 is 0 Å². The molecule has 0 saturated heterocycles. The second-order valence-corrected chi connectivity index (χ2v) is 4.63. The van der Waals surface area contributed by atoms with Crippen LogP contribution in [0.4, 0.5) is 4.79 Å². The van der Waals surface area contributed by atoms with Crippen molar-refractivity contribution in [2.75, 3.05) is 6.54 Å². The number of amides is 1. The smallest absolute Gasteiger partial charge is 0.287 e. The van der Waals surface area contributed by atoms with E-state index in [-0.39, 0.29) is 4.82 Å². The molecule has 0 unspecified atom stereocenters. The van der Waals surface area contributed by atoms with E-state index in [0.717, 1.165) is 6.42 Å². The summed E-state index contributed by atoms with van der Waals surface area (Å²) in [4.78, 5) is 10.5. The van der Waals surface area contributed by atoms with E-state index in [9.17, 15) is 4.79 Å². The average Bonchev–Trinajstić information content (AvgIpc) is 2.64. The highest BCUT2D eigenvalue weighted by Gasteiger charge is 2.10. The van der Waals surface area contributed by atoms with Gasteiger partial charge in [0, 0.05) is 22.5 Å². The van der Waals surface area contributed by atoms with Gasteiger partial charge in [-0.25, -0.2) is 0 Å². The fourth-order valence-electron chi connectivity index (χ4n) is 2.09. The molecule has 1 amide bonds. The number of rotatable bonds is 3. The highest BCUT2D eigenvalue weighted by Crippen LogP contribution is 2.22. The molecule has 0 bridgehead atoms. The van der Waals surface area contributed by atoms with Crippen LogP contribution in [0, 0.1) is 0 Å². The third-order valence-corrected chi connectivity index (χ3v) is 3.12. The van der Waals surface area contributed by atoms with Crippen LogP contribution in [0.15, 0.2) is 18.2 Å². The Hall–Kier alpha value is -0.830. The van der Waals surface area contributed by atoms with E-state index in [1.54, 1.807) is 0 Å². The van der Waals surface area contributed by atoms with Crippen molar-refractivity contribution in [1.29, 1.82) is 0 Å². The zero-order valence-electron chi connectivity index (χ0n) is 8.55. The van der Waals surface area contributed by atoms with Gasteiger partial charge in [0.25, 0.3) is 4.82 Å². The van der Waals surface area contributed by atoms with Gasteiger partial charge in [0.05, 0.1) is 0 Å². The van der Waals surface area contributed by atoms with E-state index >= 15 is 0 Å². The van der Waals surface area contributed by atoms with Crippen LogP contribution in [0.5, 0.6) is 0 Å². The predicted molar refractivity (Wildman–Crippen MR) is 64.5 cm³/mol. The first kappa shape index (κ1) is 10.7. The van der Waals surface area contributed by atoms with Gasteiger partial charge in [-0.05, 0) is 42.4 Å². The van der Waals surface area contributed by atoms with Gasteiger partial charge in [-0.15, -0.1) is 0 Å². The monoisotopic (exact) mass is 267 g/mol. The Kier molecular flexibility index (Phi) is 3.41. The molecule has 1 aliphatic rings. The predicted octanol–water partition coefficient (Wildman–Crippen LogP) is 2.82. The first-order valence-electron chi connectivity index (χ1n) is 5.30. The Bertz CT molecular complexity index is 376. The van der Waals surface area contributed by atoms with Crippen LogP contribution in [0.2, 0.25) is 0 Å². The number of carbonyl (C=O) groups is 1. The number of fused-ring (bicyclic) bond motifs is 1. The molecule has 0 saturated carbocycles. The molecule has 3 heteroatoms. The maximum atomic E-state index is 10.6. The van der Waals surface area contributed by atoms with Crippen molar-refractivity contribution in [3.63, 3.8) is 0 Å². The number of benzene rings is 1. The minimum absolute atomic E-state index is 0.135. The molecule has 15 heavy (non-hydrogen) atoms. The SMILES string of the molecule is O=C(Br)NCCc1ccc2c(c1)CCC2. The van der Waals surface area contributed by atoms with Gasteiger partial charge in [-0.3, -0.25) is 4.79 Å². The molecule has 2 rings (SSSR count). The van der Waals surface area contributed by atoms with Crippen LogP contribution >= 0.6 is 15.9 Å². The molecule has 1 aromatic carbocycles. The summed E-state index contributed by atoms with van der Waals surface area (Å²) < 4.78 is 0. The summed E-state index contributed by atoms with van der Waals surface area (Å²) in [6, 6.07) is 6.68. The fourth-order valence-corrected chi connectivity index (χ4v) is 2.28. The molecule has 0 aromatic heterocycles. The zero-order valence-corrected chi connectivity index (χ0v) is 10.1. The zero-order chi connectivity index (χ0) is 10.7. The molecule has 0 radical (unpaired) electrons. The number of hydrogen-bond donors (Lipinski definition) is 1. The summed E-state index contributed by atoms with van der Waals surface area (Å²) in [5.41, 5.74) is 4.32. The quantitative estimate of drug-likeness (QED) is 0.662. The van der Waals surface area contributed by atoms with E-state index in [0.29, 0.717) is 6.54 Å². The second-order valence-electron chi connectivity index (χ2n) is 3.91. The topological polar surface area (TPSA) is 29.1 Å². The van der Waals surface area contributed by atoms with Crippen LogP contribution in [0.25, 0.3) is 0 Å². The summed E-state index contributed by atoms with van der Waals surface area (Å²) in [5.74, 6) is 0. The van der Waals surface area contributed by atoms with Crippen molar-refractivity contribution in [2.45, 2.75) is 25.7 Å². The van der Waals surface area contributed by atoms with Gasteiger partial charge in [0.1, 0.15) is 0 Å². The largest absolute Gasteiger partial charge is 0.346 e. The van der Waals surface area contributed by atoms with E-state index in [1.165, 1.54) is 36.0 Å². The van der Waals surface area contributed by atoms with E-state index in [2.05, 4.69) is 39.4 Å². The van der Waals surface area contributed by atoms with Gasteiger partial charge in [-0.1, -0.05) is 18.2 Å². The first-order valence-corrected chi connectivity index (χ1v) is 6.09. The maximum absolute atomic E-state index is 10.6. The Morgan fingerprint density at radius 1 is 1.33 bits per heavy atom. The van der Waals surface area contributed by atoms with Crippen molar-refractivity contribution in [3.05, 3.63) is 34.9 Å². The van der Waals surface area contributed by atoms with Crippen LogP contribution in [0.1, 0.15) is 23.1 Å². The summed E-state index contributed by atoms with van der Waals surface area (Å²) in [7, 11) is 0. The Labute approximate surface area is 98.2 Å². The highest BCUT2D eigenvalue weighted by molar-refractivity contribution is 9.18. The van der Waals surface area contributed by atoms with E-state index in [4.69, 9.17) is 0 Å². The molecule has 0 fully saturated rings. The lowest BCUT2D eigenvalue weighted by atomic mass is 10.0. The van der Waals surface area contributed by atoms with Crippen molar-refractivity contribution < 1.29 is 4.79 Å². The molecular formula is C12H14BrNO. The Morgan fingerprint density at radius 3 is 2.93 bits per heavy atom. The molecule has 2 nitrogen and oxygen atoms in total. The van der Waals surface area contributed by atoms with Crippen LogP contribution < -0.4 is 5.32 Å². The van der Waals surface area contributed by atoms with Gasteiger partial charge < -0.3 is 5.32 Å². The summed E-state index contributed by atoms with van der Waals surface area (Å²) in [5, 5.41) is 2.74. The van der Waals surface area contributed by atoms with Gasteiger partial charge in [0.15, 0.2) is 0 Å². The summed E-state index contributed by atoms with van der Waals surface area (Å²) >= 11 is 2.85. The second kappa shape index (κ2) is 4.79. The lowest BCUT2D eigenvalue weighted by Crippen LogP contribution is -2.19. The van der Waals surface area contributed by atoms with Crippen LogP contribution in [-0.4, -0.2) is 11.4 Å². The fraction of sp³-hybridized carbons (Fsp3) is 0.417. The van der Waals surface area contributed by atoms with Gasteiger partial charge in [0.2, 0.25) is 0 Å². The van der Waals surface area contributed by atoms with Gasteiger partial charge >= 0.3 is 0 Å². The number of halogens is 1. The van der Waals surface area contributed by atoms with Crippen molar-refractivity contribution in [2.24, 2.45) is 0 Å². The van der Waals surface area contributed by atoms with E-state index in [1.807, 2.05) is 0 Å². The minimum Gasteiger partial charge on any atom is -0.346 e. The number of aryl methyl sites for hydroxylation is 2. The lowest BCUT2D eigenvalue weighted by molar-refractivity contribution is 0.262. The Balaban J connectivity index is 1.95.